The van der Waals surface area contributed by atoms with Crippen molar-refractivity contribution in [3.63, 3.8) is 0 Å². The minimum Gasteiger partial charge on any atom is -0.371 e. The van der Waals surface area contributed by atoms with Crippen LogP contribution in [0.4, 0.5) is 5.69 Å². The highest BCUT2D eigenvalue weighted by molar-refractivity contribution is 5.85. The number of amides is 1. The van der Waals surface area contributed by atoms with Crippen LogP contribution >= 0.6 is 24.8 Å². The third-order valence-corrected chi connectivity index (χ3v) is 6.15. The van der Waals surface area contributed by atoms with Crippen LogP contribution in [0, 0.1) is 5.41 Å². The molecule has 1 saturated carbocycles. The van der Waals surface area contributed by atoms with Crippen LogP contribution < -0.4 is 10.6 Å². The number of carbonyl (C=O) groups is 1. The summed E-state index contributed by atoms with van der Waals surface area (Å²) in [5, 5.41) is 0. The van der Waals surface area contributed by atoms with Gasteiger partial charge in [-0.05, 0) is 49.3 Å². The Hall–Kier alpha value is -0.970. The molecule has 0 bridgehead atoms. The average Bonchev–Trinajstić information content (AvgIpc) is 3.17. The number of halogens is 2. The molecule has 0 spiro atoms. The van der Waals surface area contributed by atoms with Crippen molar-refractivity contribution in [3.8, 4) is 0 Å². The van der Waals surface area contributed by atoms with Crippen LogP contribution in [0.1, 0.15) is 56.9 Å². The maximum atomic E-state index is 12.9. The molecular weight excluding hydrogens is 381 g/mol. The van der Waals surface area contributed by atoms with Crippen LogP contribution in [-0.2, 0) is 11.3 Å². The maximum Gasteiger partial charge on any atom is 0.223 e. The van der Waals surface area contributed by atoms with Crippen LogP contribution in [0.2, 0.25) is 0 Å². The monoisotopic (exact) mass is 415 g/mol. The number of para-hydroxylation sites is 1. The van der Waals surface area contributed by atoms with Crippen molar-refractivity contribution in [2.75, 3.05) is 31.6 Å². The van der Waals surface area contributed by atoms with Crippen molar-refractivity contribution < 1.29 is 4.79 Å². The second-order valence-electron chi connectivity index (χ2n) is 8.01. The van der Waals surface area contributed by atoms with Crippen molar-refractivity contribution in [2.45, 2.75) is 57.9 Å². The molecule has 2 aliphatic rings. The molecule has 1 amide bonds. The summed E-state index contributed by atoms with van der Waals surface area (Å²) >= 11 is 0. The third-order valence-electron chi connectivity index (χ3n) is 6.15. The van der Waals surface area contributed by atoms with E-state index >= 15 is 0 Å². The lowest BCUT2D eigenvalue weighted by Crippen LogP contribution is -2.39. The second kappa shape index (κ2) is 11.1. The fraction of sp³-hybridized carbons (Fsp3) is 0.667. The minimum absolute atomic E-state index is 0. The molecule has 6 heteroatoms. The first-order chi connectivity index (χ1) is 12.1. The van der Waals surface area contributed by atoms with Gasteiger partial charge in [0.15, 0.2) is 0 Å². The van der Waals surface area contributed by atoms with Crippen LogP contribution in [-0.4, -0.2) is 37.5 Å². The number of benzene rings is 1. The van der Waals surface area contributed by atoms with Crippen LogP contribution in [0.3, 0.4) is 0 Å². The van der Waals surface area contributed by atoms with Crippen molar-refractivity contribution >= 4 is 36.4 Å². The molecule has 0 atom stereocenters. The molecule has 154 valence electrons. The Morgan fingerprint density at radius 1 is 1.07 bits per heavy atom. The summed E-state index contributed by atoms with van der Waals surface area (Å²) in [5.41, 5.74) is 8.66. The van der Waals surface area contributed by atoms with E-state index in [1.165, 1.54) is 43.4 Å². The average molecular weight is 416 g/mol. The van der Waals surface area contributed by atoms with Gasteiger partial charge in [-0.2, -0.15) is 0 Å². The van der Waals surface area contributed by atoms with Crippen molar-refractivity contribution in [3.05, 3.63) is 29.8 Å². The summed E-state index contributed by atoms with van der Waals surface area (Å²) in [6, 6.07) is 8.54. The van der Waals surface area contributed by atoms with Gasteiger partial charge < -0.3 is 15.5 Å². The van der Waals surface area contributed by atoms with Gasteiger partial charge in [0.2, 0.25) is 5.91 Å². The molecule has 1 heterocycles. The van der Waals surface area contributed by atoms with Gasteiger partial charge in [0.05, 0.1) is 0 Å². The van der Waals surface area contributed by atoms with Gasteiger partial charge in [0.25, 0.3) is 0 Å². The summed E-state index contributed by atoms with van der Waals surface area (Å²) in [5.74, 6) is 0.239. The predicted molar refractivity (Wildman–Crippen MR) is 118 cm³/mol. The number of nitrogens with two attached hydrogens (primary N) is 1. The van der Waals surface area contributed by atoms with Gasteiger partial charge in [0, 0.05) is 38.8 Å². The molecule has 2 N–H and O–H groups in total. The molecule has 0 radical (unpaired) electrons. The van der Waals surface area contributed by atoms with E-state index < -0.39 is 0 Å². The first-order valence-corrected chi connectivity index (χ1v) is 9.90. The van der Waals surface area contributed by atoms with E-state index in [0.717, 1.165) is 25.9 Å². The second-order valence-corrected chi connectivity index (χ2v) is 8.01. The van der Waals surface area contributed by atoms with Gasteiger partial charge in [-0.25, -0.2) is 0 Å². The van der Waals surface area contributed by atoms with Gasteiger partial charge in [-0.3, -0.25) is 4.79 Å². The largest absolute Gasteiger partial charge is 0.371 e. The molecule has 1 aliphatic carbocycles. The maximum absolute atomic E-state index is 12.9. The predicted octanol–water partition coefficient (Wildman–Crippen LogP) is 4.39. The van der Waals surface area contributed by atoms with Gasteiger partial charge in [-0.1, -0.05) is 37.5 Å². The Labute approximate surface area is 176 Å². The number of nitrogens with zero attached hydrogens (tertiary/aromatic N) is 2. The summed E-state index contributed by atoms with van der Waals surface area (Å²) < 4.78 is 0. The Morgan fingerprint density at radius 3 is 2.33 bits per heavy atom. The van der Waals surface area contributed by atoms with Gasteiger partial charge >= 0.3 is 0 Å². The Kier molecular flexibility index (Phi) is 9.92. The van der Waals surface area contributed by atoms with Crippen molar-refractivity contribution in [2.24, 2.45) is 11.1 Å². The Bertz CT molecular complexity index is 585. The van der Waals surface area contributed by atoms with E-state index in [0.29, 0.717) is 19.5 Å². The molecule has 27 heavy (non-hydrogen) atoms. The van der Waals surface area contributed by atoms with E-state index in [9.17, 15) is 4.79 Å². The lowest BCUT2D eigenvalue weighted by atomic mass is 9.71. The highest BCUT2D eigenvalue weighted by atomic mass is 35.5. The van der Waals surface area contributed by atoms with E-state index in [1.54, 1.807) is 0 Å². The highest BCUT2D eigenvalue weighted by Gasteiger charge is 2.34. The number of rotatable bonds is 6. The van der Waals surface area contributed by atoms with Gasteiger partial charge in [-0.15, -0.1) is 24.8 Å². The molecule has 2 fully saturated rings. The lowest BCUT2D eigenvalue weighted by Gasteiger charge is -2.37. The zero-order valence-electron chi connectivity index (χ0n) is 16.5. The molecule has 0 unspecified atom stereocenters. The fourth-order valence-corrected chi connectivity index (χ4v) is 4.47. The Morgan fingerprint density at radius 2 is 1.70 bits per heavy atom. The SMILES string of the molecule is CN(Cc1ccccc1N1CCCC1)C(=O)CC1(CN)CCCCC1.Cl.Cl. The minimum atomic E-state index is 0. The summed E-state index contributed by atoms with van der Waals surface area (Å²) in [4.78, 5) is 17.2. The zero-order valence-corrected chi connectivity index (χ0v) is 18.1. The standard InChI is InChI=1S/C21H33N3O.2ClH/c1-23(20(25)15-21(17-22)11-5-2-6-12-21)16-18-9-3-4-10-19(18)24-13-7-8-14-24;;/h3-4,9-10H,2,5-8,11-17,22H2,1H3;2*1H. The highest BCUT2D eigenvalue weighted by Crippen LogP contribution is 2.39. The molecule has 4 nitrogen and oxygen atoms in total. The first-order valence-electron chi connectivity index (χ1n) is 9.90. The van der Waals surface area contributed by atoms with Gasteiger partial charge in [0.1, 0.15) is 0 Å². The molecular formula is C21H35Cl2N3O. The number of hydrogen-bond acceptors (Lipinski definition) is 3. The molecule has 0 aromatic heterocycles. The molecule has 1 aromatic rings. The summed E-state index contributed by atoms with van der Waals surface area (Å²) in [7, 11) is 1.94. The fourth-order valence-electron chi connectivity index (χ4n) is 4.47. The van der Waals surface area contributed by atoms with E-state index in [-0.39, 0.29) is 36.1 Å². The Balaban J connectivity index is 0.00000182. The number of anilines is 1. The molecule has 1 saturated heterocycles. The van der Waals surface area contributed by atoms with Crippen LogP contribution in [0.15, 0.2) is 24.3 Å². The normalized spacial score (nSPS) is 18.4. The summed E-state index contributed by atoms with van der Waals surface area (Å²) in [6.45, 7) is 3.58. The number of carbonyl (C=O) groups excluding carboxylic acids is 1. The van der Waals surface area contributed by atoms with E-state index in [2.05, 4.69) is 29.2 Å². The smallest absolute Gasteiger partial charge is 0.223 e. The quantitative estimate of drug-likeness (QED) is 0.749. The number of hydrogen-bond donors (Lipinski definition) is 1. The lowest BCUT2D eigenvalue weighted by molar-refractivity contribution is -0.133. The van der Waals surface area contributed by atoms with Crippen molar-refractivity contribution in [1.82, 2.24) is 4.90 Å². The zero-order chi connectivity index (χ0) is 17.7. The molecule has 1 aliphatic heterocycles. The summed E-state index contributed by atoms with van der Waals surface area (Å²) in [6.07, 6.45) is 9.06. The van der Waals surface area contributed by atoms with E-state index in [1.807, 2.05) is 11.9 Å². The molecule has 1 aromatic carbocycles. The van der Waals surface area contributed by atoms with Crippen LogP contribution in [0.25, 0.3) is 0 Å². The molecule has 3 rings (SSSR count). The van der Waals surface area contributed by atoms with E-state index in [4.69, 9.17) is 5.73 Å². The third kappa shape index (κ3) is 6.00. The van der Waals surface area contributed by atoms with Crippen molar-refractivity contribution in [1.29, 1.82) is 0 Å². The van der Waals surface area contributed by atoms with Crippen LogP contribution in [0.5, 0.6) is 0 Å². The topological polar surface area (TPSA) is 49.6 Å². The first kappa shape index (κ1) is 24.1.